The molecule has 0 amide bonds. The van der Waals surface area contributed by atoms with Crippen LogP contribution < -0.4 is 5.11 Å². The summed E-state index contributed by atoms with van der Waals surface area (Å²) in [6, 6.07) is 0. The zero-order valence-corrected chi connectivity index (χ0v) is 7.98. The summed E-state index contributed by atoms with van der Waals surface area (Å²) in [5.41, 5.74) is -1.33. The summed E-state index contributed by atoms with van der Waals surface area (Å²) in [4.78, 5) is 23.7. The number of carbonyl (C=O) groups is 1. The molecule has 0 heterocycles. The van der Waals surface area contributed by atoms with Gasteiger partial charge in [0.25, 0.3) is 5.09 Å². The quantitative estimate of drug-likeness (QED) is 0.370. The van der Waals surface area contributed by atoms with Gasteiger partial charge in [0.15, 0.2) is 0 Å². The Balaban J connectivity index is 0. The van der Waals surface area contributed by atoms with E-state index in [1.807, 2.05) is 0 Å². The first kappa shape index (κ1) is 14.0. The summed E-state index contributed by atoms with van der Waals surface area (Å²) in [7, 11) is 0. The predicted octanol–water partition coefficient (Wildman–Crippen LogP) is -1.03. The zero-order valence-electron chi connectivity index (χ0n) is 6.50. The molecule has 74 valence electrons. The minimum Gasteiger partial charge on any atom is -0.550 e. The van der Waals surface area contributed by atoms with Crippen molar-refractivity contribution in [3.8, 4) is 0 Å². The van der Waals surface area contributed by atoms with Gasteiger partial charge in [-0.1, -0.05) is 13.8 Å². The Morgan fingerprint density at radius 1 is 1.58 bits per heavy atom. The van der Waals surface area contributed by atoms with Crippen LogP contribution in [0.15, 0.2) is 0 Å². The molecule has 0 aromatic carbocycles. The normalized spacial score (nSPS) is 9.83. The third-order valence-corrected chi connectivity index (χ3v) is 1.08. The van der Waals surface area contributed by atoms with Crippen LogP contribution in [0.4, 0.5) is 0 Å². The number of carboxylic acid groups (broad SMARTS) is 1. The van der Waals surface area contributed by atoms with Crippen LogP contribution in [0.5, 0.6) is 0 Å². The Morgan fingerprint density at radius 2 is 2.00 bits per heavy atom. The van der Waals surface area contributed by atoms with Crippen LogP contribution in [-0.4, -0.2) is 17.7 Å². The van der Waals surface area contributed by atoms with Crippen LogP contribution in [-0.2, 0) is 32.0 Å². The van der Waals surface area contributed by atoms with Gasteiger partial charge in [-0.25, -0.2) is 0 Å². The van der Waals surface area contributed by atoms with Crippen LogP contribution in [0.3, 0.4) is 0 Å². The first-order chi connectivity index (χ1) is 4.86. The molecule has 0 fully saturated rings. The molecule has 0 aliphatic rings. The van der Waals surface area contributed by atoms with E-state index in [0.717, 1.165) is 0 Å². The molecule has 0 aromatic heterocycles. The molecule has 7 heteroatoms. The molecule has 0 bridgehead atoms. The number of carbonyl (C=O) groups excluding carboxylic acids is 1. The number of aliphatic carboxylic acids is 1. The van der Waals surface area contributed by atoms with Gasteiger partial charge < -0.3 is 14.7 Å². The molecule has 0 N–H and O–H groups in total. The van der Waals surface area contributed by atoms with Gasteiger partial charge in [-0.2, -0.15) is 0 Å². The Bertz CT molecular complexity index is 181. The third-order valence-electron chi connectivity index (χ3n) is 1.08. The molecule has 0 spiro atoms. The molecule has 0 aliphatic carbocycles. The molecule has 0 atom stereocenters. The van der Waals surface area contributed by atoms with E-state index >= 15 is 0 Å². The third kappa shape index (κ3) is 5.11. The fourth-order valence-electron chi connectivity index (χ4n) is 0.273. The maximum Gasteiger partial charge on any atom is 1.00 e. The van der Waals surface area contributed by atoms with Gasteiger partial charge in [0.1, 0.15) is 6.61 Å². The van der Waals surface area contributed by atoms with Crippen LogP contribution in [0.1, 0.15) is 13.8 Å². The molecule has 0 saturated carbocycles. The minimum absolute atomic E-state index is 0. The van der Waals surface area contributed by atoms with E-state index in [4.69, 9.17) is 0 Å². The zero-order chi connectivity index (χ0) is 9.07. The fraction of sp³-hybridized carbons (Fsp3) is 0.800. The minimum atomic E-state index is -1.38. The maximum atomic E-state index is 10.2. The summed E-state index contributed by atoms with van der Waals surface area (Å²) in [6.45, 7) is 2.07. The number of hydrogen-bond donors (Lipinski definition) is 0. The Hall–Kier alpha value is -0.590. The Kier molecular flexibility index (Phi) is 5.97. The van der Waals surface area contributed by atoms with Crippen LogP contribution in [0, 0.1) is 15.5 Å². The van der Waals surface area contributed by atoms with Gasteiger partial charge in [-0.15, -0.1) is 10.1 Å². The second-order valence-corrected chi connectivity index (χ2v) is 2.67. The van der Waals surface area contributed by atoms with E-state index in [1.54, 1.807) is 0 Å². The average molecular weight is 270 g/mol. The Morgan fingerprint density at radius 3 is 2.25 bits per heavy atom. The summed E-state index contributed by atoms with van der Waals surface area (Å²) < 4.78 is 0. The van der Waals surface area contributed by atoms with Crippen molar-refractivity contribution < 1.29 is 42.2 Å². The first-order valence-corrected chi connectivity index (χ1v) is 2.85. The number of carboxylic acids is 1. The van der Waals surface area contributed by atoms with Gasteiger partial charge in [0.05, 0.1) is 0 Å². The van der Waals surface area contributed by atoms with Crippen molar-refractivity contribution in [2.75, 3.05) is 6.61 Å². The smallest absolute Gasteiger partial charge is 0.550 e. The van der Waals surface area contributed by atoms with E-state index in [0.29, 0.717) is 0 Å². The van der Waals surface area contributed by atoms with Crippen molar-refractivity contribution in [1.29, 1.82) is 0 Å². The topological polar surface area (TPSA) is 92.5 Å². The number of hydrogen-bond acceptors (Lipinski definition) is 5. The maximum absolute atomic E-state index is 10.2. The molecule has 0 unspecified atom stereocenters. The van der Waals surface area contributed by atoms with Gasteiger partial charge in [0, 0.05) is 11.4 Å². The van der Waals surface area contributed by atoms with E-state index < -0.39 is 23.1 Å². The van der Waals surface area contributed by atoms with Gasteiger partial charge in [0.2, 0.25) is 0 Å². The predicted molar refractivity (Wildman–Crippen MR) is 31.7 cm³/mol. The fourth-order valence-corrected chi connectivity index (χ4v) is 0.273. The van der Waals surface area contributed by atoms with Gasteiger partial charge in [-0.05, 0) is 0 Å². The second-order valence-electron chi connectivity index (χ2n) is 2.67. The number of nitrogens with zero attached hydrogens (tertiary/aromatic N) is 1. The molecule has 0 aliphatic heterocycles. The summed E-state index contributed by atoms with van der Waals surface area (Å²) in [6.07, 6.45) is 0. The van der Waals surface area contributed by atoms with Crippen LogP contribution in [0.2, 0.25) is 0 Å². The van der Waals surface area contributed by atoms with Crippen LogP contribution in [0.25, 0.3) is 0 Å². The average Bonchev–Trinajstić information content (AvgIpc) is 1.84. The molecule has 0 radical (unpaired) electrons. The molecular weight excluding hydrogens is 262 g/mol. The van der Waals surface area contributed by atoms with Crippen molar-refractivity contribution in [1.82, 2.24) is 0 Å². The molecule has 0 aromatic rings. The monoisotopic (exact) mass is 269 g/mol. The summed E-state index contributed by atoms with van der Waals surface area (Å²) >= 11 is 0. The van der Waals surface area contributed by atoms with Crippen molar-refractivity contribution in [2.24, 2.45) is 5.41 Å². The van der Waals surface area contributed by atoms with E-state index in [1.165, 1.54) is 13.8 Å². The van der Waals surface area contributed by atoms with Crippen LogP contribution >= 0.6 is 0 Å². The van der Waals surface area contributed by atoms with Gasteiger partial charge >= 0.3 is 22.4 Å². The second kappa shape index (κ2) is 5.13. The molecule has 0 saturated heterocycles. The SMILES string of the molecule is CC(C)(CO[N+](=O)[O-])C(=O)[O-].[Ag+]. The molecule has 6 nitrogen and oxygen atoms in total. The number of rotatable bonds is 4. The van der Waals surface area contributed by atoms with E-state index in [2.05, 4.69) is 4.84 Å². The van der Waals surface area contributed by atoms with E-state index in [9.17, 15) is 20.0 Å². The van der Waals surface area contributed by atoms with Crippen molar-refractivity contribution in [3.05, 3.63) is 10.1 Å². The summed E-state index contributed by atoms with van der Waals surface area (Å²) in [5, 5.41) is 18.8. The molecule has 12 heavy (non-hydrogen) atoms. The largest absolute Gasteiger partial charge is 1.00 e. The van der Waals surface area contributed by atoms with Gasteiger partial charge in [-0.3, -0.25) is 0 Å². The Labute approximate surface area is 84.5 Å². The summed E-state index contributed by atoms with van der Waals surface area (Å²) in [5.74, 6) is -1.38. The van der Waals surface area contributed by atoms with Crippen molar-refractivity contribution in [3.63, 3.8) is 0 Å². The van der Waals surface area contributed by atoms with Crippen molar-refractivity contribution in [2.45, 2.75) is 13.8 Å². The van der Waals surface area contributed by atoms with Crippen molar-refractivity contribution >= 4 is 5.97 Å². The molecular formula is C5H8AgNO5. The first-order valence-electron chi connectivity index (χ1n) is 2.85. The molecule has 0 rings (SSSR count). The standard InChI is InChI=1S/C5H9NO5.Ag/c1-5(2,4(7)8)3-11-6(9)10;/h3H2,1-2H3,(H,7,8);/q;+1/p-1. The van der Waals surface area contributed by atoms with E-state index in [-0.39, 0.29) is 22.4 Å².